The fourth-order valence-corrected chi connectivity index (χ4v) is 6.22. The summed E-state index contributed by atoms with van der Waals surface area (Å²) in [6, 6.07) is 16.2. The molecule has 5 unspecified atom stereocenters. The molecule has 8 heteroatoms. The van der Waals surface area contributed by atoms with Crippen molar-refractivity contribution < 1.29 is 19.4 Å². The standard InChI is InChI=1S/C31H44N4O4/c1-3-32-31(37)33-26-14-12-25(13-15-26)30-38-28(20-35-18-6-7-27(35)19-34-16-4-5-17-34)22(2)29(39-30)24-10-8-23(21-36)9-11-24/h8-15,22,27-30,36H,3-7,16-21H2,1-2H3,(H2,32,33,37). The lowest BCUT2D eigenvalue weighted by Gasteiger charge is -2.43. The fraction of sp³-hybridized carbons (Fsp3) is 0.581. The number of amides is 2. The number of rotatable bonds is 9. The van der Waals surface area contributed by atoms with Crippen molar-refractivity contribution in [1.82, 2.24) is 15.1 Å². The van der Waals surface area contributed by atoms with Crippen LogP contribution in [0.4, 0.5) is 10.5 Å². The molecule has 5 rings (SSSR count). The second-order valence-electron chi connectivity index (χ2n) is 11.2. The summed E-state index contributed by atoms with van der Waals surface area (Å²) in [6.45, 7) is 10.4. The summed E-state index contributed by atoms with van der Waals surface area (Å²) in [5.41, 5.74) is 3.65. The van der Waals surface area contributed by atoms with Crippen LogP contribution >= 0.6 is 0 Å². The number of carbonyl (C=O) groups excluding carboxylic acids is 1. The van der Waals surface area contributed by atoms with Crippen molar-refractivity contribution >= 4 is 11.7 Å². The van der Waals surface area contributed by atoms with Crippen LogP contribution in [0.25, 0.3) is 0 Å². The quantitative estimate of drug-likeness (QED) is 0.432. The second-order valence-corrected chi connectivity index (χ2v) is 11.2. The number of urea groups is 1. The number of ether oxygens (including phenoxy) is 2. The molecule has 3 N–H and O–H groups in total. The molecule has 3 aliphatic heterocycles. The zero-order chi connectivity index (χ0) is 27.2. The van der Waals surface area contributed by atoms with E-state index in [2.05, 4.69) is 39.5 Å². The molecule has 212 valence electrons. The lowest BCUT2D eigenvalue weighted by atomic mass is 9.90. The van der Waals surface area contributed by atoms with Crippen LogP contribution in [0, 0.1) is 5.92 Å². The fourth-order valence-electron chi connectivity index (χ4n) is 6.22. The number of benzene rings is 2. The molecule has 2 aromatic carbocycles. The predicted octanol–water partition coefficient (Wildman–Crippen LogP) is 4.67. The van der Waals surface area contributed by atoms with Gasteiger partial charge in [-0.2, -0.15) is 0 Å². The highest BCUT2D eigenvalue weighted by atomic mass is 16.7. The Morgan fingerprint density at radius 1 is 0.949 bits per heavy atom. The maximum absolute atomic E-state index is 11.9. The zero-order valence-corrected chi connectivity index (χ0v) is 23.4. The molecule has 0 aliphatic carbocycles. The summed E-state index contributed by atoms with van der Waals surface area (Å²) in [5, 5.41) is 15.1. The van der Waals surface area contributed by atoms with Crippen LogP contribution in [0.5, 0.6) is 0 Å². The molecule has 39 heavy (non-hydrogen) atoms. The summed E-state index contributed by atoms with van der Waals surface area (Å²) in [4.78, 5) is 17.2. The van der Waals surface area contributed by atoms with Crippen LogP contribution in [0.2, 0.25) is 0 Å². The lowest BCUT2D eigenvalue weighted by Crippen LogP contribution is -2.48. The number of anilines is 1. The van der Waals surface area contributed by atoms with Crippen LogP contribution < -0.4 is 10.6 Å². The molecule has 0 bridgehead atoms. The third-order valence-electron chi connectivity index (χ3n) is 8.48. The van der Waals surface area contributed by atoms with Crippen molar-refractivity contribution in [3.05, 3.63) is 65.2 Å². The highest BCUT2D eigenvalue weighted by molar-refractivity contribution is 5.89. The first-order valence-corrected chi connectivity index (χ1v) is 14.7. The second kappa shape index (κ2) is 13.2. The Labute approximate surface area is 232 Å². The summed E-state index contributed by atoms with van der Waals surface area (Å²) in [6.07, 6.45) is 4.51. The van der Waals surface area contributed by atoms with Gasteiger partial charge < -0.3 is 30.1 Å². The molecule has 0 aromatic heterocycles. The van der Waals surface area contributed by atoms with Gasteiger partial charge in [-0.3, -0.25) is 4.90 Å². The first-order chi connectivity index (χ1) is 19.0. The molecule has 2 amide bonds. The van der Waals surface area contributed by atoms with E-state index in [1.165, 1.54) is 38.8 Å². The van der Waals surface area contributed by atoms with Gasteiger partial charge in [0.1, 0.15) is 0 Å². The average molecular weight is 537 g/mol. The molecule has 5 atom stereocenters. The van der Waals surface area contributed by atoms with E-state index in [1.54, 1.807) is 0 Å². The van der Waals surface area contributed by atoms with E-state index in [-0.39, 0.29) is 30.8 Å². The van der Waals surface area contributed by atoms with Gasteiger partial charge in [-0.25, -0.2) is 4.79 Å². The Morgan fingerprint density at radius 3 is 2.36 bits per heavy atom. The van der Waals surface area contributed by atoms with Gasteiger partial charge in [-0.15, -0.1) is 0 Å². The summed E-state index contributed by atoms with van der Waals surface area (Å²) in [7, 11) is 0. The molecule has 3 aliphatic rings. The van der Waals surface area contributed by atoms with Gasteiger partial charge in [0.25, 0.3) is 0 Å². The van der Waals surface area contributed by atoms with Gasteiger partial charge >= 0.3 is 6.03 Å². The first kappa shape index (κ1) is 28.1. The first-order valence-electron chi connectivity index (χ1n) is 14.7. The monoisotopic (exact) mass is 536 g/mol. The molecule has 3 heterocycles. The smallest absolute Gasteiger partial charge is 0.319 e. The largest absolute Gasteiger partial charge is 0.392 e. The lowest BCUT2D eigenvalue weighted by molar-refractivity contribution is -0.276. The van der Waals surface area contributed by atoms with Crippen molar-refractivity contribution in [2.24, 2.45) is 5.92 Å². The van der Waals surface area contributed by atoms with Crippen molar-refractivity contribution in [1.29, 1.82) is 0 Å². The Balaban J connectivity index is 1.33. The highest BCUT2D eigenvalue weighted by Crippen LogP contribution is 2.42. The molecular formula is C31H44N4O4. The third-order valence-corrected chi connectivity index (χ3v) is 8.48. The SMILES string of the molecule is CCNC(=O)Nc1ccc(C2OC(CN3CCCC3CN3CCCC3)C(C)C(c3ccc(CO)cc3)O2)cc1. The van der Waals surface area contributed by atoms with E-state index >= 15 is 0 Å². The van der Waals surface area contributed by atoms with Crippen molar-refractivity contribution in [2.45, 2.75) is 70.7 Å². The number of likely N-dealkylation sites (tertiary alicyclic amines) is 2. The minimum absolute atomic E-state index is 0.0126. The van der Waals surface area contributed by atoms with Crippen molar-refractivity contribution in [2.75, 3.05) is 44.6 Å². The summed E-state index contributed by atoms with van der Waals surface area (Å²) >= 11 is 0. The van der Waals surface area contributed by atoms with Crippen LogP contribution in [0.15, 0.2) is 48.5 Å². The average Bonchev–Trinajstić information content (AvgIpc) is 3.63. The van der Waals surface area contributed by atoms with E-state index in [0.717, 1.165) is 42.0 Å². The molecule has 8 nitrogen and oxygen atoms in total. The number of nitrogens with one attached hydrogen (secondary N) is 2. The van der Waals surface area contributed by atoms with Gasteiger partial charge in [-0.1, -0.05) is 43.3 Å². The van der Waals surface area contributed by atoms with E-state index < -0.39 is 6.29 Å². The number of aliphatic hydroxyl groups excluding tert-OH is 1. The van der Waals surface area contributed by atoms with Gasteiger partial charge in [0.2, 0.25) is 0 Å². The molecule has 3 fully saturated rings. The number of carbonyl (C=O) groups is 1. The van der Waals surface area contributed by atoms with E-state index in [9.17, 15) is 9.90 Å². The minimum Gasteiger partial charge on any atom is -0.392 e. The van der Waals surface area contributed by atoms with E-state index in [1.807, 2.05) is 43.3 Å². The molecule has 2 aromatic rings. The van der Waals surface area contributed by atoms with Crippen LogP contribution in [0.1, 0.15) is 68.6 Å². The number of nitrogens with zero attached hydrogens (tertiary/aromatic N) is 2. The Morgan fingerprint density at radius 2 is 1.67 bits per heavy atom. The van der Waals surface area contributed by atoms with Crippen molar-refractivity contribution in [3.63, 3.8) is 0 Å². The van der Waals surface area contributed by atoms with Crippen molar-refractivity contribution in [3.8, 4) is 0 Å². The van der Waals surface area contributed by atoms with Crippen LogP contribution in [0.3, 0.4) is 0 Å². The number of hydrogen-bond donors (Lipinski definition) is 3. The van der Waals surface area contributed by atoms with Gasteiger partial charge in [-0.05, 0) is 75.5 Å². The Hall–Kier alpha value is -2.49. The summed E-state index contributed by atoms with van der Waals surface area (Å²) in [5.74, 6) is 0.160. The van der Waals surface area contributed by atoms with Crippen LogP contribution in [-0.4, -0.2) is 72.4 Å². The van der Waals surface area contributed by atoms with E-state index in [0.29, 0.717) is 12.6 Å². The Kier molecular flexibility index (Phi) is 9.53. The topological polar surface area (TPSA) is 86.3 Å². The third kappa shape index (κ3) is 6.99. The summed E-state index contributed by atoms with van der Waals surface area (Å²) < 4.78 is 13.3. The molecule has 3 saturated heterocycles. The molecule has 0 radical (unpaired) electrons. The Bertz CT molecular complexity index is 1060. The molecular weight excluding hydrogens is 492 g/mol. The molecule has 0 spiro atoms. The minimum atomic E-state index is -0.508. The van der Waals surface area contributed by atoms with Crippen LogP contribution in [-0.2, 0) is 16.1 Å². The maximum atomic E-state index is 11.9. The molecule has 0 saturated carbocycles. The normalized spacial score (nSPS) is 28.0. The van der Waals surface area contributed by atoms with Gasteiger partial charge in [0.15, 0.2) is 6.29 Å². The highest BCUT2D eigenvalue weighted by Gasteiger charge is 2.40. The number of aliphatic hydroxyl groups is 1. The number of hydrogen-bond acceptors (Lipinski definition) is 6. The predicted molar refractivity (Wildman–Crippen MR) is 152 cm³/mol. The maximum Gasteiger partial charge on any atom is 0.319 e. The van der Waals surface area contributed by atoms with E-state index in [4.69, 9.17) is 9.47 Å². The zero-order valence-electron chi connectivity index (χ0n) is 23.4. The van der Waals surface area contributed by atoms with Gasteiger partial charge in [0.05, 0.1) is 18.8 Å². The van der Waals surface area contributed by atoms with Gasteiger partial charge in [0, 0.05) is 42.8 Å².